The van der Waals surface area contributed by atoms with Crippen molar-refractivity contribution < 1.29 is 19.4 Å². The third-order valence-electron chi connectivity index (χ3n) is 3.29. The maximum atomic E-state index is 11.8. The Morgan fingerprint density at radius 1 is 1.23 bits per heavy atom. The highest BCUT2D eigenvalue weighted by Crippen LogP contribution is 2.13. The van der Waals surface area contributed by atoms with E-state index in [0.717, 1.165) is 17.7 Å². The second-order valence-corrected chi connectivity index (χ2v) is 5.62. The van der Waals surface area contributed by atoms with E-state index in [1.54, 1.807) is 13.8 Å². The molecule has 1 aromatic rings. The van der Waals surface area contributed by atoms with Crippen molar-refractivity contribution >= 4 is 11.9 Å². The summed E-state index contributed by atoms with van der Waals surface area (Å²) in [4.78, 5) is 22.9. The molecule has 122 valence electrons. The molecule has 1 amide bonds. The van der Waals surface area contributed by atoms with Crippen molar-refractivity contribution in [1.29, 1.82) is 0 Å². The van der Waals surface area contributed by atoms with Crippen LogP contribution in [0.2, 0.25) is 0 Å². The van der Waals surface area contributed by atoms with Crippen LogP contribution in [0.25, 0.3) is 0 Å². The summed E-state index contributed by atoms with van der Waals surface area (Å²) in [7, 11) is 0. The predicted octanol–water partition coefficient (Wildman–Crippen LogP) is 2.63. The van der Waals surface area contributed by atoms with Crippen molar-refractivity contribution in [3.63, 3.8) is 0 Å². The molecule has 5 nitrogen and oxygen atoms in total. The quantitative estimate of drug-likeness (QED) is 0.735. The van der Waals surface area contributed by atoms with Crippen LogP contribution in [-0.2, 0) is 16.0 Å². The Kier molecular flexibility index (Phi) is 7.43. The molecule has 0 aliphatic carbocycles. The largest absolute Gasteiger partial charge is 0.494 e. The Bertz CT molecular complexity index is 482. The third-order valence-corrected chi connectivity index (χ3v) is 3.29. The molecule has 0 heterocycles. The van der Waals surface area contributed by atoms with Crippen LogP contribution in [-0.4, -0.2) is 29.6 Å². The van der Waals surface area contributed by atoms with E-state index in [9.17, 15) is 9.59 Å². The predicted molar refractivity (Wildman–Crippen MR) is 85.0 cm³/mol. The molecule has 0 radical (unpaired) electrons. The molecule has 0 fully saturated rings. The highest BCUT2D eigenvalue weighted by atomic mass is 16.5. The minimum Gasteiger partial charge on any atom is -0.494 e. The zero-order chi connectivity index (χ0) is 16.5. The summed E-state index contributed by atoms with van der Waals surface area (Å²) in [5.41, 5.74) is 1.02. The SMILES string of the molecule is CCCOc1ccc(CCC(=O)N[C@@H](C(=O)O)C(C)C)cc1. The smallest absolute Gasteiger partial charge is 0.326 e. The molecule has 5 heteroatoms. The van der Waals surface area contributed by atoms with Gasteiger partial charge in [0, 0.05) is 6.42 Å². The molecule has 22 heavy (non-hydrogen) atoms. The van der Waals surface area contributed by atoms with Crippen LogP contribution in [0.4, 0.5) is 0 Å². The molecule has 0 bridgehead atoms. The normalized spacial score (nSPS) is 12.0. The Labute approximate surface area is 131 Å². The number of carbonyl (C=O) groups excluding carboxylic acids is 1. The average Bonchev–Trinajstić information content (AvgIpc) is 2.49. The standard InChI is InChI=1S/C17H25NO4/c1-4-11-22-14-8-5-13(6-9-14)7-10-15(19)18-16(12(2)3)17(20)21/h5-6,8-9,12,16H,4,7,10-11H2,1-3H3,(H,18,19)(H,20,21)/t16-/m1/s1. The van der Waals surface area contributed by atoms with Gasteiger partial charge in [0.2, 0.25) is 5.91 Å². The van der Waals surface area contributed by atoms with E-state index < -0.39 is 12.0 Å². The number of carboxylic acids is 1. The lowest BCUT2D eigenvalue weighted by molar-refractivity contribution is -0.143. The molecule has 0 spiro atoms. The lowest BCUT2D eigenvalue weighted by Crippen LogP contribution is -2.44. The molecule has 0 aromatic heterocycles. The molecule has 1 rings (SSSR count). The van der Waals surface area contributed by atoms with Crippen LogP contribution in [0.3, 0.4) is 0 Å². The fraction of sp³-hybridized carbons (Fsp3) is 0.529. The fourth-order valence-electron chi connectivity index (χ4n) is 1.99. The Morgan fingerprint density at radius 2 is 1.86 bits per heavy atom. The first-order valence-corrected chi connectivity index (χ1v) is 7.68. The minimum absolute atomic E-state index is 0.142. The second-order valence-electron chi connectivity index (χ2n) is 5.62. The Morgan fingerprint density at radius 3 is 2.36 bits per heavy atom. The molecule has 0 saturated carbocycles. The summed E-state index contributed by atoms with van der Waals surface area (Å²) >= 11 is 0. The molecule has 1 aromatic carbocycles. The van der Waals surface area contributed by atoms with Crippen LogP contribution in [0.15, 0.2) is 24.3 Å². The first-order chi connectivity index (χ1) is 10.4. The van der Waals surface area contributed by atoms with E-state index in [0.29, 0.717) is 13.0 Å². The molecule has 2 N–H and O–H groups in total. The first-order valence-electron chi connectivity index (χ1n) is 7.68. The number of nitrogens with one attached hydrogen (secondary N) is 1. The fourth-order valence-corrected chi connectivity index (χ4v) is 1.99. The minimum atomic E-state index is -0.999. The second kappa shape index (κ2) is 9.07. The van der Waals surface area contributed by atoms with Crippen LogP contribution in [0, 0.1) is 5.92 Å². The lowest BCUT2D eigenvalue weighted by atomic mass is 10.0. The van der Waals surface area contributed by atoms with Crippen LogP contribution in [0.1, 0.15) is 39.2 Å². The summed E-state index contributed by atoms with van der Waals surface area (Å²) in [6, 6.07) is 6.79. The van der Waals surface area contributed by atoms with E-state index in [1.807, 2.05) is 24.3 Å². The van der Waals surface area contributed by atoms with Gasteiger partial charge in [-0.1, -0.05) is 32.9 Å². The van der Waals surface area contributed by atoms with Crippen molar-refractivity contribution in [3.05, 3.63) is 29.8 Å². The number of rotatable bonds is 9. The zero-order valence-corrected chi connectivity index (χ0v) is 13.5. The van der Waals surface area contributed by atoms with Gasteiger partial charge in [-0.3, -0.25) is 4.79 Å². The van der Waals surface area contributed by atoms with Crippen molar-refractivity contribution in [2.45, 2.75) is 46.1 Å². The highest BCUT2D eigenvalue weighted by molar-refractivity contribution is 5.83. The molecule has 1 atom stereocenters. The van der Waals surface area contributed by atoms with Gasteiger partial charge in [0.15, 0.2) is 0 Å². The first kappa shape index (κ1) is 18.0. The number of hydrogen-bond acceptors (Lipinski definition) is 3. The number of aliphatic carboxylic acids is 1. The molecular formula is C17H25NO4. The van der Waals surface area contributed by atoms with Gasteiger partial charge in [0.05, 0.1) is 6.61 Å². The van der Waals surface area contributed by atoms with Gasteiger partial charge in [-0.2, -0.15) is 0 Å². The van der Waals surface area contributed by atoms with Gasteiger partial charge in [0.1, 0.15) is 11.8 Å². The van der Waals surface area contributed by atoms with E-state index in [1.165, 1.54) is 0 Å². The summed E-state index contributed by atoms with van der Waals surface area (Å²) in [6.07, 6.45) is 1.80. The van der Waals surface area contributed by atoms with Crippen LogP contribution in [0.5, 0.6) is 5.75 Å². The Balaban J connectivity index is 2.45. The van der Waals surface area contributed by atoms with Crippen molar-refractivity contribution in [2.24, 2.45) is 5.92 Å². The molecule has 0 unspecified atom stereocenters. The average molecular weight is 307 g/mol. The third kappa shape index (κ3) is 6.16. The van der Waals surface area contributed by atoms with Gasteiger partial charge in [-0.15, -0.1) is 0 Å². The van der Waals surface area contributed by atoms with E-state index in [-0.39, 0.29) is 18.2 Å². The number of benzene rings is 1. The Hall–Kier alpha value is -2.04. The number of aryl methyl sites for hydroxylation is 1. The monoisotopic (exact) mass is 307 g/mol. The number of hydrogen-bond donors (Lipinski definition) is 2. The summed E-state index contributed by atoms with van der Waals surface area (Å²) in [5, 5.41) is 11.6. The number of carbonyl (C=O) groups is 2. The van der Waals surface area contributed by atoms with E-state index >= 15 is 0 Å². The van der Waals surface area contributed by atoms with Crippen molar-refractivity contribution in [2.75, 3.05) is 6.61 Å². The van der Waals surface area contributed by atoms with Crippen molar-refractivity contribution in [1.82, 2.24) is 5.32 Å². The maximum absolute atomic E-state index is 11.8. The maximum Gasteiger partial charge on any atom is 0.326 e. The number of amides is 1. The van der Waals surface area contributed by atoms with Crippen LogP contribution < -0.4 is 10.1 Å². The van der Waals surface area contributed by atoms with Gasteiger partial charge in [-0.05, 0) is 36.5 Å². The van der Waals surface area contributed by atoms with Crippen LogP contribution >= 0.6 is 0 Å². The number of ether oxygens (including phenoxy) is 1. The highest BCUT2D eigenvalue weighted by Gasteiger charge is 2.22. The number of carboxylic acid groups (broad SMARTS) is 1. The zero-order valence-electron chi connectivity index (χ0n) is 13.5. The molecule has 0 aliphatic rings. The molecular weight excluding hydrogens is 282 g/mol. The lowest BCUT2D eigenvalue weighted by Gasteiger charge is -2.17. The van der Waals surface area contributed by atoms with E-state index in [2.05, 4.69) is 12.2 Å². The van der Waals surface area contributed by atoms with Gasteiger partial charge in [-0.25, -0.2) is 4.79 Å². The van der Waals surface area contributed by atoms with Crippen molar-refractivity contribution in [3.8, 4) is 5.75 Å². The summed E-state index contributed by atoms with van der Waals surface area (Å²) < 4.78 is 5.50. The molecule has 0 aliphatic heterocycles. The van der Waals surface area contributed by atoms with Gasteiger partial charge < -0.3 is 15.2 Å². The van der Waals surface area contributed by atoms with Gasteiger partial charge in [0.25, 0.3) is 0 Å². The topological polar surface area (TPSA) is 75.6 Å². The summed E-state index contributed by atoms with van der Waals surface area (Å²) in [5.74, 6) is -0.564. The van der Waals surface area contributed by atoms with E-state index in [4.69, 9.17) is 9.84 Å². The summed E-state index contributed by atoms with van der Waals surface area (Å²) in [6.45, 7) is 6.28. The molecule has 0 saturated heterocycles. The van der Waals surface area contributed by atoms with Gasteiger partial charge >= 0.3 is 5.97 Å².